The van der Waals surface area contributed by atoms with Crippen molar-refractivity contribution in [3.63, 3.8) is 0 Å². The molecule has 0 radical (unpaired) electrons. The molecule has 0 atom stereocenters. The van der Waals surface area contributed by atoms with Crippen LogP contribution in [0.4, 0.5) is 13.2 Å². The second-order valence-electron chi connectivity index (χ2n) is 7.63. The zero-order chi connectivity index (χ0) is 20.8. The molecule has 2 aromatic carbocycles. The summed E-state index contributed by atoms with van der Waals surface area (Å²) in [5.74, 6) is -0.237. The summed E-state index contributed by atoms with van der Waals surface area (Å²) >= 11 is 5.96. The van der Waals surface area contributed by atoms with Gasteiger partial charge in [0, 0.05) is 16.5 Å². The number of fused-ring (bicyclic) bond motifs is 1. The van der Waals surface area contributed by atoms with Crippen molar-refractivity contribution in [3.8, 4) is 11.5 Å². The smallest absolute Gasteiger partial charge is 0.534 e. The first-order chi connectivity index (χ1) is 12.0. The van der Waals surface area contributed by atoms with Gasteiger partial charge in [0.05, 0.1) is 0 Å². The summed E-state index contributed by atoms with van der Waals surface area (Å²) in [6, 6.07) is 7.14. The Hall–Kier alpha value is -1.45. The van der Waals surface area contributed by atoms with E-state index in [1.807, 2.05) is 33.9 Å². The number of benzene rings is 2. The highest BCUT2D eigenvalue weighted by molar-refractivity contribution is 7.88. The summed E-state index contributed by atoms with van der Waals surface area (Å²) in [7, 11) is -8.15. The lowest BCUT2D eigenvalue weighted by Gasteiger charge is -2.36. The normalized spacial score (nSPS) is 13.7. The average molecular weight is 441 g/mol. The maximum absolute atomic E-state index is 12.7. The van der Waals surface area contributed by atoms with Crippen molar-refractivity contribution in [1.29, 1.82) is 0 Å². The molecule has 27 heavy (non-hydrogen) atoms. The van der Waals surface area contributed by atoms with Crippen molar-refractivity contribution in [2.45, 2.75) is 44.4 Å². The molecule has 0 saturated heterocycles. The van der Waals surface area contributed by atoms with E-state index in [4.69, 9.17) is 16.0 Å². The fraction of sp³-hybridized carbons (Fsp3) is 0.412. The van der Waals surface area contributed by atoms with Crippen LogP contribution < -0.4 is 8.61 Å². The molecule has 4 nitrogen and oxygen atoms in total. The minimum Gasteiger partial charge on any atom is -0.543 e. The lowest BCUT2D eigenvalue weighted by atomic mass is 10.1. The van der Waals surface area contributed by atoms with Crippen LogP contribution in [0.25, 0.3) is 10.8 Å². The molecule has 10 heteroatoms. The van der Waals surface area contributed by atoms with Crippen LogP contribution in [-0.2, 0) is 10.1 Å². The van der Waals surface area contributed by atoms with Crippen molar-refractivity contribution in [1.82, 2.24) is 0 Å². The SMILES string of the molecule is CC(C)(C)[Si](C)(C)Oc1cc(OS(=O)(=O)C(F)(F)F)cc2cc(Cl)ccc12. The van der Waals surface area contributed by atoms with Gasteiger partial charge in [-0.25, -0.2) is 0 Å². The maximum atomic E-state index is 12.7. The van der Waals surface area contributed by atoms with Gasteiger partial charge in [0.1, 0.15) is 11.5 Å². The fourth-order valence-corrected chi connectivity index (χ4v) is 3.66. The second-order valence-corrected chi connectivity index (χ2v) is 14.3. The molecule has 0 spiro atoms. The van der Waals surface area contributed by atoms with E-state index in [9.17, 15) is 21.6 Å². The molecule has 0 saturated carbocycles. The van der Waals surface area contributed by atoms with Gasteiger partial charge in [-0.2, -0.15) is 21.6 Å². The molecule has 0 fully saturated rings. The molecule has 2 rings (SSSR count). The van der Waals surface area contributed by atoms with Crippen LogP contribution in [0.5, 0.6) is 11.5 Å². The Balaban J connectivity index is 2.62. The predicted octanol–water partition coefficient (Wildman–Crippen LogP) is 6.11. The van der Waals surface area contributed by atoms with Gasteiger partial charge < -0.3 is 8.61 Å². The third-order valence-electron chi connectivity index (χ3n) is 4.51. The Bertz CT molecular complexity index is 967. The van der Waals surface area contributed by atoms with E-state index in [1.165, 1.54) is 18.2 Å². The van der Waals surface area contributed by atoms with Gasteiger partial charge in [-0.05, 0) is 47.8 Å². The predicted molar refractivity (Wildman–Crippen MR) is 102 cm³/mol. The Morgan fingerprint density at radius 2 is 1.63 bits per heavy atom. The van der Waals surface area contributed by atoms with Crippen LogP contribution >= 0.6 is 11.6 Å². The Morgan fingerprint density at radius 1 is 1.04 bits per heavy atom. The first-order valence-electron chi connectivity index (χ1n) is 7.97. The molecule has 0 aliphatic heterocycles. The summed E-state index contributed by atoms with van der Waals surface area (Å²) in [5.41, 5.74) is -5.53. The van der Waals surface area contributed by atoms with E-state index < -0.39 is 29.7 Å². The van der Waals surface area contributed by atoms with Crippen molar-refractivity contribution < 1.29 is 30.2 Å². The van der Waals surface area contributed by atoms with Crippen molar-refractivity contribution >= 4 is 40.8 Å². The molecular weight excluding hydrogens is 421 g/mol. The number of halogens is 4. The van der Waals surface area contributed by atoms with Crippen LogP contribution in [0.1, 0.15) is 20.8 Å². The van der Waals surface area contributed by atoms with E-state index in [0.29, 0.717) is 15.8 Å². The van der Waals surface area contributed by atoms with Gasteiger partial charge in [-0.3, -0.25) is 0 Å². The Kier molecular flexibility index (Phi) is 5.55. The van der Waals surface area contributed by atoms with Crippen LogP contribution in [0.2, 0.25) is 23.2 Å². The molecule has 2 aromatic rings. The molecule has 0 aliphatic carbocycles. The molecular formula is C17H20ClF3O4SSi. The molecule has 0 aromatic heterocycles. The average Bonchev–Trinajstić information content (AvgIpc) is 2.43. The standard InChI is InChI=1S/C17H20ClF3O4SSi/c1-16(2,3)27(4,5)25-15-10-13(24-26(22,23)17(19,20)21)9-11-8-12(18)6-7-14(11)15/h6-10H,1-5H3. The first kappa shape index (κ1) is 21.8. The summed E-state index contributed by atoms with van der Waals surface area (Å²) in [5, 5.41) is 1.17. The molecule has 0 heterocycles. The minimum atomic E-state index is -5.80. The van der Waals surface area contributed by atoms with E-state index in [1.54, 1.807) is 12.1 Å². The molecule has 0 aliphatic rings. The van der Waals surface area contributed by atoms with Gasteiger partial charge in [-0.1, -0.05) is 32.4 Å². The number of alkyl halides is 3. The van der Waals surface area contributed by atoms with E-state index in [0.717, 1.165) is 0 Å². The van der Waals surface area contributed by atoms with Crippen LogP contribution in [0, 0.1) is 0 Å². The number of hydrogen-bond donors (Lipinski definition) is 0. The number of hydrogen-bond acceptors (Lipinski definition) is 4. The van der Waals surface area contributed by atoms with Crippen LogP contribution in [-0.4, -0.2) is 22.2 Å². The van der Waals surface area contributed by atoms with Crippen molar-refractivity contribution in [3.05, 3.63) is 35.4 Å². The van der Waals surface area contributed by atoms with Gasteiger partial charge in [0.2, 0.25) is 0 Å². The van der Waals surface area contributed by atoms with Crippen LogP contribution in [0.3, 0.4) is 0 Å². The van der Waals surface area contributed by atoms with Gasteiger partial charge in [0.25, 0.3) is 8.32 Å². The van der Waals surface area contributed by atoms with E-state index in [-0.39, 0.29) is 10.8 Å². The topological polar surface area (TPSA) is 52.6 Å². The van der Waals surface area contributed by atoms with Gasteiger partial charge in [0.15, 0.2) is 0 Å². The fourth-order valence-electron chi connectivity index (χ4n) is 2.01. The highest BCUT2D eigenvalue weighted by Crippen LogP contribution is 2.41. The van der Waals surface area contributed by atoms with Gasteiger partial charge in [-0.15, -0.1) is 0 Å². The first-order valence-corrected chi connectivity index (χ1v) is 12.7. The molecule has 0 amide bonds. The third-order valence-corrected chi connectivity index (χ3v) is 10.1. The second kappa shape index (κ2) is 6.86. The highest BCUT2D eigenvalue weighted by atomic mass is 35.5. The Labute approximate surface area is 162 Å². The summed E-state index contributed by atoms with van der Waals surface area (Å²) in [4.78, 5) is 0. The zero-order valence-electron chi connectivity index (χ0n) is 15.4. The van der Waals surface area contributed by atoms with E-state index in [2.05, 4.69) is 4.18 Å². The van der Waals surface area contributed by atoms with Crippen molar-refractivity contribution in [2.75, 3.05) is 0 Å². The lowest BCUT2D eigenvalue weighted by molar-refractivity contribution is -0.0500. The summed E-state index contributed by atoms with van der Waals surface area (Å²) < 4.78 is 71.2. The third kappa shape index (κ3) is 4.70. The lowest BCUT2D eigenvalue weighted by Crippen LogP contribution is -2.43. The maximum Gasteiger partial charge on any atom is 0.534 e. The zero-order valence-corrected chi connectivity index (χ0v) is 18.0. The Morgan fingerprint density at radius 3 is 2.15 bits per heavy atom. The quantitative estimate of drug-likeness (QED) is 0.327. The molecule has 150 valence electrons. The van der Waals surface area contributed by atoms with Crippen LogP contribution in [0.15, 0.2) is 30.3 Å². The van der Waals surface area contributed by atoms with Gasteiger partial charge >= 0.3 is 15.6 Å². The molecule has 0 unspecified atom stereocenters. The number of rotatable bonds is 4. The highest BCUT2D eigenvalue weighted by Gasteiger charge is 2.48. The largest absolute Gasteiger partial charge is 0.543 e. The summed E-state index contributed by atoms with van der Waals surface area (Å²) in [6.07, 6.45) is 0. The summed E-state index contributed by atoms with van der Waals surface area (Å²) in [6.45, 7) is 9.95. The van der Waals surface area contributed by atoms with E-state index >= 15 is 0 Å². The monoisotopic (exact) mass is 440 g/mol. The minimum absolute atomic E-state index is 0.180. The molecule has 0 N–H and O–H groups in total. The van der Waals surface area contributed by atoms with Crippen molar-refractivity contribution in [2.24, 2.45) is 0 Å². The molecule has 0 bridgehead atoms.